The Labute approximate surface area is 133 Å². The van der Waals surface area contributed by atoms with Crippen LogP contribution in [-0.2, 0) is 9.53 Å². The number of hydrogen-bond donors (Lipinski definition) is 0. The first-order valence-electron chi connectivity index (χ1n) is 6.92. The molecule has 0 aliphatic rings. The molecule has 6 heteroatoms. The predicted octanol–water partition coefficient (Wildman–Crippen LogP) is 2.83. The molecule has 2 aromatic rings. The molecule has 0 saturated heterocycles. The third-order valence-corrected chi connectivity index (χ3v) is 4.18. The molecule has 0 aliphatic carbocycles. The van der Waals surface area contributed by atoms with Gasteiger partial charge in [0.15, 0.2) is 0 Å². The standard InChI is InChI=1S/C16H18N2O3S/c1-11(2)18(10-14(19)21-3)16(20)13-9-17-15(22-13)12-7-5-4-6-8-12/h4-9,11H,10H2,1-3H3. The number of carbonyl (C=O) groups is 2. The van der Waals surface area contributed by atoms with Crippen LogP contribution in [0.15, 0.2) is 36.5 Å². The van der Waals surface area contributed by atoms with Gasteiger partial charge in [0.2, 0.25) is 0 Å². The Morgan fingerprint density at radius 2 is 1.95 bits per heavy atom. The Balaban J connectivity index is 2.21. The lowest BCUT2D eigenvalue weighted by Gasteiger charge is -2.24. The molecule has 2 rings (SSSR count). The van der Waals surface area contributed by atoms with Gasteiger partial charge in [-0.1, -0.05) is 30.3 Å². The summed E-state index contributed by atoms with van der Waals surface area (Å²) in [5.74, 6) is -0.644. The zero-order valence-corrected chi connectivity index (χ0v) is 13.6. The third-order valence-electron chi connectivity index (χ3n) is 3.15. The Morgan fingerprint density at radius 1 is 1.27 bits per heavy atom. The van der Waals surface area contributed by atoms with E-state index < -0.39 is 5.97 Å². The van der Waals surface area contributed by atoms with Crippen LogP contribution in [0, 0.1) is 0 Å². The van der Waals surface area contributed by atoms with Gasteiger partial charge in [-0.2, -0.15) is 0 Å². The van der Waals surface area contributed by atoms with Gasteiger partial charge in [0.05, 0.1) is 13.3 Å². The molecule has 1 aromatic carbocycles. The molecule has 0 spiro atoms. The van der Waals surface area contributed by atoms with Crippen LogP contribution in [0.1, 0.15) is 23.5 Å². The highest BCUT2D eigenvalue weighted by Gasteiger charge is 2.23. The summed E-state index contributed by atoms with van der Waals surface area (Å²) in [5.41, 5.74) is 0.968. The van der Waals surface area contributed by atoms with Crippen molar-refractivity contribution in [3.05, 3.63) is 41.4 Å². The van der Waals surface area contributed by atoms with Crippen LogP contribution in [-0.4, -0.2) is 41.5 Å². The van der Waals surface area contributed by atoms with Gasteiger partial charge in [-0.25, -0.2) is 4.98 Å². The average molecular weight is 318 g/mol. The van der Waals surface area contributed by atoms with Gasteiger partial charge in [0, 0.05) is 11.6 Å². The largest absolute Gasteiger partial charge is 0.468 e. The van der Waals surface area contributed by atoms with Crippen molar-refractivity contribution in [2.24, 2.45) is 0 Å². The van der Waals surface area contributed by atoms with E-state index in [1.807, 2.05) is 44.2 Å². The van der Waals surface area contributed by atoms with E-state index in [-0.39, 0.29) is 18.5 Å². The number of aromatic nitrogens is 1. The van der Waals surface area contributed by atoms with Gasteiger partial charge < -0.3 is 9.64 Å². The SMILES string of the molecule is COC(=O)CN(C(=O)c1cnc(-c2ccccc2)s1)C(C)C. The third kappa shape index (κ3) is 3.71. The maximum absolute atomic E-state index is 12.6. The number of hydrogen-bond acceptors (Lipinski definition) is 5. The molecule has 116 valence electrons. The number of carbonyl (C=O) groups excluding carboxylic acids is 2. The smallest absolute Gasteiger partial charge is 0.325 e. The molecule has 0 aliphatic heterocycles. The highest BCUT2D eigenvalue weighted by atomic mass is 32.1. The molecule has 0 fully saturated rings. The van der Waals surface area contributed by atoms with Crippen molar-refractivity contribution in [2.75, 3.05) is 13.7 Å². The van der Waals surface area contributed by atoms with Gasteiger partial charge in [0.25, 0.3) is 5.91 Å². The van der Waals surface area contributed by atoms with Gasteiger partial charge in [-0.15, -0.1) is 11.3 Å². The van der Waals surface area contributed by atoms with E-state index in [0.717, 1.165) is 10.6 Å². The van der Waals surface area contributed by atoms with Crippen LogP contribution in [0.2, 0.25) is 0 Å². The van der Waals surface area contributed by atoms with E-state index in [0.29, 0.717) is 4.88 Å². The van der Waals surface area contributed by atoms with E-state index in [4.69, 9.17) is 0 Å². The zero-order valence-electron chi connectivity index (χ0n) is 12.8. The molecule has 0 radical (unpaired) electrons. The molecular weight excluding hydrogens is 300 g/mol. The zero-order chi connectivity index (χ0) is 16.1. The van der Waals surface area contributed by atoms with Crippen molar-refractivity contribution in [1.29, 1.82) is 0 Å². The molecule has 0 atom stereocenters. The highest BCUT2D eigenvalue weighted by molar-refractivity contribution is 7.16. The number of amides is 1. The number of thiazole rings is 1. The van der Waals surface area contributed by atoms with E-state index in [2.05, 4.69) is 9.72 Å². The Kier molecular flexibility index (Phi) is 5.27. The second-order valence-corrected chi connectivity index (χ2v) is 6.03. The minimum atomic E-state index is -0.435. The summed E-state index contributed by atoms with van der Waals surface area (Å²) in [4.78, 5) is 30.3. The summed E-state index contributed by atoms with van der Waals surface area (Å²) in [6.07, 6.45) is 1.56. The van der Waals surface area contributed by atoms with E-state index in [1.165, 1.54) is 23.3 Å². The summed E-state index contributed by atoms with van der Waals surface area (Å²) in [6, 6.07) is 9.57. The molecule has 0 unspecified atom stereocenters. The van der Waals surface area contributed by atoms with Crippen molar-refractivity contribution in [1.82, 2.24) is 9.88 Å². The summed E-state index contributed by atoms with van der Waals surface area (Å²) < 4.78 is 4.65. The van der Waals surface area contributed by atoms with Crippen molar-refractivity contribution < 1.29 is 14.3 Å². The van der Waals surface area contributed by atoms with E-state index >= 15 is 0 Å². The van der Waals surface area contributed by atoms with Crippen LogP contribution in [0.5, 0.6) is 0 Å². The molecule has 5 nitrogen and oxygen atoms in total. The molecule has 0 bridgehead atoms. The maximum Gasteiger partial charge on any atom is 0.325 e. The number of rotatable bonds is 5. The fourth-order valence-corrected chi connectivity index (χ4v) is 2.80. The molecular formula is C16H18N2O3S. The highest BCUT2D eigenvalue weighted by Crippen LogP contribution is 2.26. The van der Waals surface area contributed by atoms with Crippen molar-refractivity contribution >= 4 is 23.2 Å². The van der Waals surface area contributed by atoms with E-state index in [9.17, 15) is 9.59 Å². The van der Waals surface area contributed by atoms with Gasteiger partial charge in [0.1, 0.15) is 16.4 Å². The topological polar surface area (TPSA) is 59.5 Å². The number of nitrogens with zero attached hydrogens (tertiary/aromatic N) is 2. The second kappa shape index (κ2) is 7.17. The van der Waals surface area contributed by atoms with Crippen LogP contribution < -0.4 is 0 Å². The first-order valence-corrected chi connectivity index (χ1v) is 7.73. The molecule has 0 N–H and O–H groups in total. The lowest BCUT2D eigenvalue weighted by atomic mass is 10.2. The Morgan fingerprint density at radius 3 is 2.55 bits per heavy atom. The monoisotopic (exact) mass is 318 g/mol. The summed E-state index contributed by atoms with van der Waals surface area (Å²) in [5, 5.41) is 0.783. The average Bonchev–Trinajstić information content (AvgIpc) is 3.02. The second-order valence-electron chi connectivity index (χ2n) is 5.00. The minimum absolute atomic E-state index is 0.0639. The van der Waals surface area contributed by atoms with Crippen LogP contribution in [0.3, 0.4) is 0 Å². The molecule has 1 heterocycles. The Bertz CT molecular complexity index is 652. The first kappa shape index (κ1) is 16.2. The molecule has 1 amide bonds. The maximum atomic E-state index is 12.6. The summed E-state index contributed by atoms with van der Waals surface area (Å²) in [7, 11) is 1.31. The Hall–Kier alpha value is -2.21. The van der Waals surface area contributed by atoms with Crippen LogP contribution in [0.4, 0.5) is 0 Å². The van der Waals surface area contributed by atoms with Gasteiger partial charge in [-0.05, 0) is 13.8 Å². The predicted molar refractivity (Wildman–Crippen MR) is 85.7 cm³/mol. The lowest BCUT2D eigenvalue weighted by molar-refractivity contribution is -0.141. The van der Waals surface area contributed by atoms with Crippen molar-refractivity contribution in [2.45, 2.75) is 19.9 Å². The normalized spacial score (nSPS) is 10.5. The number of ether oxygens (including phenoxy) is 1. The number of benzene rings is 1. The summed E-state index contributed by atoms with van der Waals surface area (Å²) >= 11 is 1.32. The fourth-order valence-electron chi connectivity index (χ4n) is 1.92. The van der Waals surface area contributed by atoms with Crippen molar-refractivity contribution in [3.8, 4) is 10.6 Å². The quantitative estimate of drug-likeness (QED) is 0.795. The fraction of sp³-hybridized carbons (Fsp3) is 0.312. The van der Waals surface area contributed by atoms with Gasteiger partial charge >= 0.3 is 5.97 Å². The van der Waals surface area contributed by atoms with Crippen LogP contribution in [0.25, 0.3) is 10.6 Å². The number of esters is 1. The molecule has 1 aromatic heterocycles. The molecule has 22 heavy (non-hydrogen) atoms. The number of methoxy groups -OCH3 is 1. The molecule has 0 saturated carbocycles. The van der Waals surface area contributed by atoms with Gasteiger partial charge in [-0.3, -0.25) is 9.59 Å². The van der Waals surface area contributed by atoms with Crippen molar-refractivity contribution in [3.63, 3.8) is 0 Å². The van der Waals surface area contributed by atoms with E-state index in [1.54, 1.807) is 6.20 Å². The van der Waals surface area contributed by atoms with Crippen LogP contribution >= 0.6 is 11.3 Å². The summed E-state index contributed by atoms with van der Waals surface area (Å²) in [6.45, 7) is 3.66. The minimum Gasteiger partial charge on any atom is -0.468 e. The lowest BCUT2D eigenvalue weighted by Crippen LogP contribution is -2.40. The first-order chi connectivity index (χ1) is 10.5.